The van der Waals surface area contributed by atoms with Crippen molar-refractivity contribution >= 4 is 53.4 Å². The molecule has 1 saturated heterocycles. The van der Waals surface area contributed by atoms with E-state index in [2.05, 4.69) is 34.4 Å². The minimum Gasteiger partial charge on any atom is -0.496 e. The highest BCUT2D eigenvalue weighted by molar-refractivity contribution is 5.99. The van der Waals surface area contributed by atoms with Gasteiger partial charge in [0.05, 0.1) is 70.7 Å². The van der Waals surface area contributed by atoms with Crippen LogP contribution in [-0.4, -0.2) is 291 Å². The standard InChI is InChI=1S/C70H107N11O18/c1-10-51-24-25-70(69(93)94,50(4)44-51)73-66(89)54-46-57(65-58(95-8)16-11-17-59(65)96-9)81(74-54)55-19-18-52(45-53(55)49(2)3)67(90)77(7)31-15-29-75(5)28-14-30-76(6)62(84)23-22-61(83)72-27-13-39-98-41-43-99-42-40-97-38-12-26-71-60(82)21-20-56(68(91)92)80-36-34-78(47-63(85)86)32-33-79(35-37-80)48-64(87)88/h11,16-19,45-46,49,51,56H,4,10,12-15,20-44,47-48H2,1-3,5-9H3,(H,71,82)(H,72,83)(H,73,89)(H,85,86)(H,87,88)(H,91,92)(H,93,94). The molecule has 1 aromatic heterocycles. The highest BCUT2D eigenvalue weighted by atomic mass is 16.5. The molecular weight excluding hydrogens is 1280 g/mol. The van der Waals surface area contributed by atoms with Crippen molar-refractivity contribution < 1.29 is 87.3 Å². The van der Waals surface area contributed by atoms with E-state index in [-0.39, 0.29) is 113 Å². The van der Waals surface area contributed by atoms with Crippen LogP contribution in [0, 0.1) is 5.92 Å². The zero-order valence-corrected chi connectivity index (χ0v) is 59.2. The smallest absolute Gasteiger partial charge is 0.333 e. The van der Waals surface area contributed by atoms with Crippen LogP contribution in [0.2, 0.25) is 0 Å². The Kier molecular flexibility index (Phi) is 34.7. The second-order valence-electron chi connectivity index (χ2n) is 25.6. The van der Waals surface area contributed by atoms with Crippen molar-refractivity contribution in [1.82, 2.24) is 55.1 Å². The number of carbonyl (C=O) groups excluding carboxylic acids is 5. The molecule has 3 aromatic rings. The maximum Gasteiger partial charge on any atom is 0.333 e. The Labute approximate surface area is 581 Å². The van der Waals surface area contributed by atoms with Gasteiger partial charge in [-0.15, -0.1) is 0 Å². The predicted octanol–water partition coefficient (Wildman–Crippen LogP) is 4.41. The molecule has 550 valence electrons. The molecule has 2 fully saturated rings. The Hall–Kier alpha value is -8.06. The summed E-state index contributed by atoms with van der Waals surface area (Å²) in [6, 6.07) is 11.3. The summed E-state index contributed by atoms with van der Waals surface area (Å²) < 4.78 is 30.0. The number of carboxylic acids is 4. The molecule has 1 aliphatic heterocycles. The molecule has 0 radical (unpaired) electrons. The Morgan fingerprint density at radius 2 is 1.23 bits per heavy atom. The van der Waals surface area contributed by atoms with E-state index in [1.165, 1.54) is 14.2 Å². The van der Waals surface area contributed by atoms with Crippen LogP contribution in [0.25, 0.3) is 16.9 Å². The Bertz CT molecular complexity index is 3110. The number of nitrogens with zero attached hydrogens (tertiary/aromatic N) is 8. The summed E-state index contributed by atoms with van der Waals surface area (Å²) in [7, 11) is 8.55. The van der Waals surface area contributed by atoms with Crippen LogP contribution >= 0.6 is 0 Å². The Morgan fingerprint density at radius 1 is 0.687 bits per heavy atom. The number of ether oxygens (including phenoxy) is 5. The van der Waals surface area contributed by atoms with E-state index < -0.39 is 41.4 Å². The molecule has 3 unspecified atom stereocenters. The van der Waals surface area contributed by atoms with E-state index in [0.29, 0.717) is 170 Å². The average Bonchev–Trinajstić information content (AvgIpc) is 1.63. The number of methoxy groups -OCH3 is 2. The van der Waals surface area contributed by atoms with Crippen LogP contribution in [0.4, 0.5) is 0 Å². The zero-order chi connectivity index (χ0) is 72.6. The third kappa shape index (κ3) is 26.2. The fourth-order valence-electron chi connectivity index (χ4n) is 12.1. The van der Waals surface area contributed by atoms with Crippen molar-refractivity contribution in [3.8, 4) is 28.4 Å². The predicted molar refractivity (Wildman–Crippen MR) is 369 cm³/mol. The molecular formula is C70H107N11O18. The Balaban J connectivity index is 0.927. The topological polar surface area (TPSA) is 354 Å². The lowest BCUT2D eigenvalue weighted by Crippen LogP contribution is -2.57. The number of amides is 5. The first kappa shape index (κ1) is 81.6. The van der Waals surface area contributed by atoms with Crippen molar-refractivity contribution in [3.05, 3.63) is 71.4 Å². The van der Waals surface area contributed by atoms with Gasteiger partial charge in [-0.3, -0.25) is 53.1 Å². The van der Waals surface area contributed by atoms with Crippen molar-refractivity contribution in [2.75, 3.05) is 167 Å². The number of rotatable bonds is 44. The molecule has 2 heterocycles. The van der Waals surface area contributed by atoms with Gasteiger partial charge in [-0.05, 0) is 131 Å². The lowest BCUT2D eigenvalue weighted by Gasteiger charge is -2.39. The van der Waals surface area contributed by atoms with E-state index in [9.17, 15) is 63.6 Å². The minimum absolute atomic E-state index is 0.0241. The zero-order valence-electron chi connectivity index (χ0n) is 59.2. The molecule has 7 N–H and O–H groups in total. The van der Waals surface area contributed by atoms with Crippen LogP contribution in [0.15, 0.2) is 54.6 Å². The molecule has 29 nitrogen and oxygen atoms in total. The summed E-state index contributed by atoms with van der Waals surface area (Å²) in [4.78, 5) is 125. The summed E-state index contributed by atoms with van der Waals surface area (Å²) in [5.41, 5.74) is 1.56. The van der Waals surface area contributed by atoms with Crippen molar-refractivity contribution in [2.24, 2.45) is 5.92 Å². The molecule has 2 aromatic carbocycles. The number of nitrogens with one attached hydrogen (secondary N) is 3. The molecule has 0 bridgehead atoms. The van der Waals surface area contributed by atoms with Gasteiger partial charge in [0, 0.05) is 118 Å². The van der Waals surface area contributed by atoms with E-state index in [1.54, 1.807) is 79.7 Å². The summed E-state index contributed by atoms with van der Waals surface area (Å²) in [5.74, 6) is -4.81. The van der Waals surface area contributed by atoms with E-state index in [1.807, 2.05) is 27.0 Å². The fraction of sp³-hybridized carbons (Fsp3) is 0.629. The number of aromatic nitrogens is 2. The fourth-order valence-corrected chi connectivity index (χ4v) is 12.1. The lowest BCUT2D eigenvalue weighted by molar-refractivity contribution is -0.145. The molecule has 3 atom stereocenters. The normalized spacial score (nSPS) is 16.7. The third-order valence-corrected chi connectivity index (χ3v) is 18.0. The van der Waals surface area contributed by atoms with Gasteiger partial charge in [0.15, 0.2) is 11.2 Å². The van der Waals surface area contributed by atoms with Gasteiger partial charge >= 0.3 is 23.9 Å². The van der Waals surface area contributed by atoms with Gasteiger partial charge in [-0.2, -0.15) is 5.10 Å². The molecule has 99 heavy (non-hydrogen) atoms. The number of hydrogen-bond acceptors (Lipinski definition) is 19. The van der Waals surface area contributed by atoms with Gasteiger partial charge in [-0.25, -0.2) is 9.48 Å². The molecule has 2 aliphatic rings. The molecule has 0 spiro atoms. The molecule has 5 amide bonds. The van der Waals surface area contributed by atoms with Crippen molar-refractivity contribution in [1.29, 1.82) is 0 Å². The third-order valence-electron chi connectivity index (χ3n) is 18.0. The van der Waals surface area contributed by atoms with Crippen LogP contribution in [-0.2, 0) is 47.8 Å². The highest BCUT2D eigenvalue weighted by Crippen LogP contribution is 2.42. The second kappa shape index (κ2) is 42.1. The molecule has 29 heteroatoms. The first-order valence-electron chi connectivity index (χ1n) is 34.3. The van der Waals surface area contributed by atoms with E-state index in [4.69, 9.17) is 28.8 Å². The first-order chi connectivity index (χ1) is 47.3. The monoisotopic (exact) mass is 1390 g/mol. The van der Waals surface area contributed by atoms with Crippen molar-refractivity contribution in [2.45, 2.75) is 115 Å². The van der Waals surface area contributed by atoms with Gasteiger partial charge < -0.3 is 74.8 Å². The summed E-state index contributed by atoms with van der Waals surface area (Å²) >= 11 is 0. The molecule has 5 rings (SSSR count). The number of carboxylic acid groups (broad SMARTS) is 4. The molecule has 1 saturated carbocycles. The maximum atomic E-state index is 14.3. The van der Waals surface area contributed by atoms with Crippen LogP contribution in [0.3, 0.4) is 0 Å². The number of carbonyl (C=O) groups is 9. The van der Waals surface area contributed by atoms with Crippen LogP contribution in [0.1, 0.15) is 130 Å². The lowest BCUT2D eigenvalue weighted by atomic mass is 9.72. The van der Waals surface area contributed by atoms with E-state index in [0.717, 1.165) is 12.0 Å². The van der Waals surface area contributed by atoms with Gasteiger partial charge in [-0.1, -0.05) is 39.8 Å². The quantitative estimate of drug-likeness (QED) is 0.0304. The van der Waals surface area contributed by atoms with Crippen molar-refractivity contribution in [3.63, 3.8) is 0 Å². The maximum absolute atomic E-state index is 14.3. The number of benzene rings is 2. The van der Waals surface area contributed by atoms with E-state index >= 15 is 0 Å². The number of aliphatic carboxylic acids is 4. The number of hydrogen-bond donors (Lipinski definition) is 7. The van der Waals surface area contributed by atoms with Gasteiger partial charge in [0.2, 0.25) is 17.7 Å². The molecule has 1 aliphatic carbocycles. The highest BCUT2D eigenvalue weighted by Gasteiger charge is 2.46. The Morgan fingerprint density at radius 3 is 1.75 bits per heavy atom. The summed E-state index contributed by atoms with van der Waals surface area (Å²) in [6.07, 6.45) is 4.82. The summed E-state index contributed by atoms with van der Waals surface area (Å²) in [5, 5.41) is 52.5. The average molecular weight is 1390 g/mol. The SMILES string of the molecule is C=C1CC(CC)CCC1(NC(=O)c1cc(-c2c(OC)cccc2OC)n(-c2ccc(C(=O)N(C)CCCN(C)CCCN(C)C(=O)CCC(=O)NCCCOCCOCCOCCCNC(=O)CCC(C(=O)O)N3CCN(CC(=O)O)CCN(CC(=O)O)CC3)cc2C(C)C)n1)C(=O)O. The van der Waals surface area contributed by atoms with Gasteiger partial charge in [0.25, 0.3) is 11.8 Å². The summed E-state index contributed by atoms with van der Waals surface area (Å²) in [6.45, 7) is 16.6. The van der Waals surface area contributed by atoms with Crippen LogP contribution < -0.4 is 25.4 Å². The minimum atomic E-state index is -1.66. The van der Waals surface area contributed by atoms with Gasteiger partial charge in [0.1, 0.15) is 17.5 Å². The second-order valence-corrected chi connectivity index (χ2v) is 25.6. The first-order valence-corrected chi connectivity index (χ1v) is 34.3. The van der Waals surface area contributed by atoms with Crippen LogP contribution in [0.5, 0.6) is 11.5 Å². The largest absolute Gasteiger partial charge is 0.496 e.